The Morgan fingerprint density at radius 1 is 0.952 bits per heavy atom. The van der Waals surface area contributed by atoms with Crippen molar-refractivity contribution in [3.05, 3.63) is 71.3 Å². The van der Waals surface area contributed by atoms with Gasteiger partial charge >= 0.3 is 0 Å². The number of unbranched alkanes of at least 4 members (excludes halogenated alkanes) is 1. The SMILES string of the molecule is CCCCC(NC)c1ccccc1C(N)c1ccccc1. The Labute approximate surface area is 128 Å². The molecule has 0 heterocycles. The summed E-state index contributed by atoms with van der Waals surface area (Å²) in [6.45, 7) is 2.23. The molecule has 2 aromatic rings. The van der Waals surface area contributed by atoms with E-state index < -0.39 is 0 Å². The zero-order valence-corrected chi connectivity index (χ0v) is 13.0. The van der Waals surface area contributed by atoms with Gasteiger partial charge in [-0.25, -0.2) is 0 Å². The van der Waals surface area contributed by atoms with Gasteiger partial charge in [0.2, 0.25) is 0 Å². The van der Waals surface area contributed by atoms with Crippen molar-refractivity contribution in [3.8, 4) is 0 Å². The van der Waals surface area contributed by atoms with Gasteiger partial charge in [0.1, 0.15) is 0 Å². The van der Waals surface area contributed by atoms with E-state index in [1.54, 1.807) is 0 Å². The van der Waals surface area contributed by atoms with E-state index in [-0.39, 0.29) is 6.04 Å². The zero-order chi connectivity index (χ0) is 15.1. The number of nitrogens with two attached hydrogens (primary N) is 1. The Morgan fingerprint density at radius 3 is 2.19 bits per heavy atom. The second-order valence-electron chi connectivity index (χ2n) is 5.50. The van der Waals surface area contributed by atoms with Crippen LogP contribution < -0.4 is 11.1 Å². The summed E-state index contributed by atoms with van der Waals surface area (Å²) in [6, 6.07) is 19.2. The van der Waals surface area contributed by atoms with Crippen LogP contribution in [0.2, 0.25) is 0 Å². The summed E-state index contributed by atoms with van der Waals surface area (Å²) in [7, 11) is 2.03. The summed E-state index contributed by atoms with van der Waals surface area (Å²) in [5.41, 5.74) is 10.2. The minimum atomic E-state index is -0.0696. The molecule has 0 bridgehead atoms. The van der Waals surface area contributed by atoms with E-state index in [1.165, 1.54) is 24.0 Å². The molecule has 0 amide bonds. The number of rotatable bonds is 7. The fraction of sp³-hybridized carbons (Fsp3) is 0.368. The number of benzene rings is 2. The van der Waals surface area contributed by atoms with E-state index >= 15 is 0 Å². The molecule has 0 saturated carbocycles. The van der Waals surface area contributed by atoms with E-state index in [0.717, 1.165) is 12.0 Å². The van der Waals surface area contributed by atoms with Gasteiger partial charge in [-0.3, -0.25) is 0 Å². The Hall–Kier alpha value is -1.64. The zero-order valence-electron chi connectivity index (χ0n) is 13.0. The molecule has 0 spiro atoms. The van der Waals surface area contributed by atoms with Crippen LogP contribution in [0.5, 0.6) is 0 Å². The maximum Gasteiger partial charge on any atom is 0.0554 e. The van der Waals surface area contributed by atoms with Gasteiger partial charge in [0.15, 0.2) is 0 Å². The van der Waals surface area contributed by atoms with Crippen molar-refractivity contribution in [2.45, 2.75) is 38.3 Å². The average molecular weight is 282 g/mol. The normalized spacial score (nSPS) is 13.9. The molecule has 2 aromatic carbocycles. The molecule has 21 heavy (non-hydrogen) atoms. The van der Waals surface area contributed by atoms with Crippen molar-refractivity contribution in [3.63, 3.8) is 0 Å². The fourth-order valence-corrected chi connectivity index (χ4v) is 2.81. The highest BCUT2D eigenvalue weighted by atomic mass is 14.9. The van der Waals surface area contributed by atoms with E-state index in [0.29, 0.717) is 6.04 Å². The first kappa shape index (κ1) is 15.7. The Bertz CT molecular complexity index is 536. The van der Waals surface area contributed by atoms with Gasteiger partial charge in [0, 0.05) is 6.04 Å². The van der Waals surface area contributed by atoms with Gasteiger partial charge < -0.3 is 11.1 Å². The van der Waals surface area contributed by atoms with Gasteiger partial charge in [-0.1, -0.05) is 74.4 Å². The molecule has 0 radical (unpaired) electrons. The maximum atomic E-state index is 6.51. The number of hydrogen-bond donors (Lipinski definition) is 2. The molecule has 2 rings (SSSR count). The van der Waals surface area contributed by atoms with Crippen molar-refractivity contribution >= 4 is 0 Å². The first-order valence-corrected chi connectivity index (χ1v) is 7.84. The summed E-state index contributed by atoms with van der Waals surface area (Å²) in [5, 5.41) is 3.44. The topological polar surface area (TPSA) is 38.0 Å². The molecule has 112 valence electrons. The monoisotopic (exact) mass is 282 g/mol. The van der Waals surface area contributed by atoms with Crippen molar-refractivity contribution in [1.29, 1.82) is 0 Å². The molecule has 3 N–H and O–H groups in total. The average Bonchev–Trinajstić information content (AvgIpc) is 2.56. The standard InChI is InChI=1S/C19H26N2/c1-3-4-14-18(21-2)16-12-8-9-13-17(16)19(20)15-10-6-5-7-11-15/h5-13,18-19,21H,3-4,14,20H2,1-2H3. The summed E-state index contributed by atoms with van der Waals surface area (Å²) in [4.78, 5) is 0. The van der Waals surface area contributed by atoms with Crippen molar-refractivity contribution < 1.29 is 0 Å². The first-order chi connectivity index (χ1) is 10.3. The summed E-state index contributed by atoms with van der Waals surface area (Å²) in [5.74, 6) is 0. The minimum Gasteiger partial charge on any atom is -0.320 e. The molecule has 0 saturated heterocycles. The highest BCUT2D eigenvalue weighted by Crippen LogP contribution is 2.29. The van der Waals surface area contributed by atoms with Crippen LogP contribution in [0.25, 0.3) is 0 Å². The highest BCUT2D eigenvalue weighted by Gasteiger charge is 2.17. The Morgan fingerprint density at radius 2 is 1.57 bits per heavy atom. The van der Waals surface area contributed by atoms with Crippen molar-refractivity contribution in [2.24, 2.45) is 5.73 Å². The largest absolute Gasteiger partial charge is 0.320 e. The van der Waals surface area contributed by atoms with Gasteiger partial charge in [-0.15, -0.1) is 0 Å². The molecule has 2 atom stereocenters. The summed E-state index contributed by atoms with van der Waals surface area (Å²) in [6.07, 6.45) is 3.58. The van der Waals surface area contributed by atoms with Gasteiger partial charge in [0.25, 0.3) is 0 Å². The molecular weight excluding hydrogens is 256 g/mol. The van der Waals surface area contributed by atoms with E-state index in [2.05, 4.69) is 48.6 Å². The summed E-state index contributed by atoms with van der Waals surface area (Å²) < 4.78 is 0. The lowest BCUT2D eigenvalue weighted by atomic mass is 9.90. The molecule has 2 nitrogen and oxygen atoms in total. The molecule has 2 unspecified atom stereocenters. The lowest BCUT2D eigenvalue weighted by molar-refractivity contribution is 0.517. The van der Waals surface area contributed by atoms with Crippen molar-refractivity contribution in [2.75, 3.05) is 7.05 Å². The Kier molecular flexibility index (Phi) is 5.97. The highest BCUT2D eigenvalue weighted by molar-refractivity contribution is 5.38. The third-order valence-electron chi connectivity index (χ3n) is 4.06. The second-order valence-corrected chi connectivity index (χ2v) is 5.50. The molecule has 0 aliphatic carbocycles. The van der Waals surface area contributed by atoms with E-state index in [9.17, 15) is 0 Å². The predicted molar refractivity (Wildman–Crippen MR) is 90.2 cm³/mol. The van der Waals surface area contributed by atoms with Crippen LogP contribution in [0.3, 0.4) is 0 Å². The lowest BCUT2D eigenvalue weighted by Crippen LogP contribution is -2.21. The minimum absolute atomic E-state index is 0.0696. The molecule has 0 aliphatic heterocycles. The third kappa shape index (κ3) is 3.93. The smallest absolute Gasteiger partial charge is 0.0554 e. The number of hydrogen-bond acceptors (Lipinski definition) is 2. The van der Waals surface area contributed by atoms with Crippen LogP contribution in [0.4, 0.5) is 0 Å². The second kappa shape index (κ2) is 7.96. The molecule has 0 aliphatic rings. The molecular formula is C19H26N2. The summed E-state index contributed by atoms with van der Waals surface area (Å²) >= 11 is 0. The van der Waals surface area contributed by atoms with Gasteiger partial charge in [0.05, 0.1) is 6.04 Å². The van der Waals surface area contributed by atoms with E-state index in [4.69, 9.17) is 5.73 Å². The molecule has 0 aromatic heterocycles. The van der Waals surface area contributed by atoms with Crippen LogP contribution in [0.15, 0.2) is 54.6 Å². The van der Waals surface area contributed by atoms with Gasteiger partial charge in [-0.05, 0) is 30.2 Å². The lowest BCUT2D eigenvalue weighted by Gasteiger charge is -2.23. The van der Waals surface area contributed by atoms with Crippen LogP contribution in [-0.2, 0) is 0 Å². The molecule has 2 heteroatoms. The van der Waals surface area contributed by atoms with Crippen LogP contribution in [-0.4, -0.2) is 7.05 Å². The predicted octanol–water partition coefficient (Wildman–Crippen LogP) is 4.19. The van der Waals surface area contributed by atoms with Gasteiger partial charge in [-0.2, -0.15) is 0 Å². The third-order valence-corrected chi connectivity index (χ3v) is 4.06. The fourth-order valence-electron chi connectivity index (χ4n) is 2.81. The van der Waals surface area contributed by atoms with Crippen molar-refractivity contribution in [1.82, 2.24) is 5.32 Å². The maximum absolute atomic E-state index is 6.51. The van der Waals surface area contributed by atoms with Crippen LogP contribution in [0.1, 0.15) is 55.0 Å². The number of nitrogens with one attached hydrogen (secondary N) is 1. The first-order valence-electron chi connectivity index (χ1n) is 7.84. The van der Waals surface area contributed by atoms with Crippen LogP contribution in [0, 0.1) is 0 Å². The molecule has 0 fully saturated rings. The Balaban J connectivity index is 2.31. The van der Waals surface area contributed by atoms with E-state index in [1.807, 2.05) is 25.2 Å². The van der Waals surface area contributed by atoms with Crippen LogP contribution >= 0.6 is 0 Å². The quantitative estimate of drug-likeness (QED) is 0.799.